The number of amides is 1. The molecule has 0 atom stereocenters. The van der Waals surface area contributed by atoms with Crippen molar-refractivity contribution in [1.29, 1.82) is 0 Å². The molecule has 0 saturated carbocycles. The van der Waals surface area contributed by atoms with Crippen LogP contribution < -0.4 is 14.8 Å². The molecule has 0 fully saturated rings. The van der Waals surface area contributed by atoms with Crippen LogP contribution >= 0.6 is 0 Å². The number of aromatic nitrogens is 2. The second-order valence-electron chi connectivity index (χ2n) is 5.95. The molecule has 2 aromatic carbocycles. The second-order valence-corrected chi connectivity index (χ2v) is 5.95. The van der Waals surface area contributed by atoms with Gasteiger partial charge in [-0.15, -0.1) is 0 Å². The molecular formula is C19H17N3O4. The number of fused-ring (bicyclic) bond motifs is 1. The zero-order chi connectivity index (χ0) is 17.9. The largest absolute Gasteiger partial charge is 0.454 e. The highest BCUT2D eigenvalue weighted by molar-refractivity contribution is 5.94. The molecule has 0 aliphatic carbocycles. The quantitative estimate of drug-likeness (QED) is 0.761. The molecular weight excluding hydrogens is 334 g/mol. The van der Waals surface area contributed by atoms with Crippen LogP contribution in [0, 0.1) is 6.92 Å². The van der Waals surface area contributed by atoms with Crippen molar-refractivity contribution in [1.82, 2.24) is 15.5 Å². The average molecular weight is 351 g/mol. The van der Waals surface area contributed by atoms with Gasteiger partial charge >= 0.3 is 0 Å². The Morgan fingerprint density at radius 1 is 1.12 bits per heavy atom. The van der Waals surface area contributed by atoms with Gasteiger partial charge in [-0.05, 0) is 25.1 Å². The van der Waals surface area contributed by atoms with Crippen LogP contribution in [-0.4, -0.2) is 29.4 Å². The molecule has 26 heavy (non-hydrogen) atoms. The molecule has 4 rings (SSSR count). The van der Waals surface area contributed by atoms with E-state index in [2.05, 4.69) is 15.5 Å². The van der Waals surface area contributed by atoms with Crippen LogP contribution in [0.3, 0.4) is 0 Å². The van der Waals surface area contributed by atoms with Gasteiger partial charge in [-0.25, -0.2) is 0 Å². The number of ether oxygens (including phenoxy) is 2. The van der Waals surface area contributed by atoms with E-state index in [1.54, 1.807) is 18.2 Å². The summed E-state index contributed by atoms with van der Waals surface area (Å²) in [5, 5.41) is 6.81. The first kappa shape index (κ1) is 16.1. The maximum absolute atomic E-state index is 12.2. The molecule has 1 aliphatic heterocycles. The molecule has 0 spiro atoms. The van der Waals surface area contributed by atoms with Crippen LogP contribution in [0.25, 0.3) is 11.4 Å². The summed E-state index contributed by atoms with van der Waals surface area (Å²) in [6, 6.07) is 13.0. The Morgan fingerprint density at radius 2 is 1.92 bits per heavy atom. The van der Waals surface area contributed by atoms with Gasteiger partial charge < -0.3 is 19.3 Å². The number of rotatable bonds is 5. The number of nitrogens with zero attached hydrogens (tertiary/aromatic N) is 2. The molecule has 7 nitrogen and oxygen atoms in total. The Hall–Kier alpha value is -3.35. The van der Waals surface area contributed by atoms with Crippen LogP contribution in [-0.2, 0) is 6.42 Å². The van der Waals surface area contributed by atoms with Crippen molar-refractivity contribution in [2.75, 3.05) is 13.3 Å². The average Bonchev–Trinajstić information content (AvgIpc) is 3.31. The third-order valence-corrected chi connectivity index (χ3v) is 4.04. The molecule has 1 aromatic heterocycles. The highest BCUT2D eigenvalue weighted by Gasteiger charge is 2.16. The predicted molar refractivity (Wildman–Crippen MR) is 93.1 cm³/mol. The van der Waals surface area contributed by atoms with Crippen molar-refractivity contribution < 1.29 is 18.8 Å². The molecule has 3 aromatic rings. The number of aryl methyl sites for hydroxylation is 1. The molecule has 7 heteroatoms. The van der Waals surface area contributed by atoms with Crippen molar-refractivity contribution in [3.05, 3.63) is 59.5 Å². The minimum absolute atomic E-state index is 0.181. The summed E-state index contributed by atoms with van der Waals surface area (Å²) in [7, 11) is 0. The lowest BCUT2D eigenvalue weighted by atomic mass is 10.1. The van der Waals surface area contributed by atoms with E-state index in [0.717, 1.165) is 5.56 Å². The predicted octanol–water partition coefficient (Wildman–Crippen LogP) is 2.75. The van der Waals surface area contributed by atoms with Gasteiger partial charge in [0.1, 0.15) is 0 Å². The first-order chi connectivity index (χ1) is 12.7. The lowest BCUT2D eigenvalue weighted by Crippen LogP contribution is -2.25. The van der Waals surface area contributed by atoms with Crippen molar-refractivity contribution in [2.24, 2.45) is 0 Å². The molecule has 1 amide bonds. The third-order valence-electron chi connectivity index (χ3n) is 4.04. The Bertz CT molecular complexity index is 934. The van der Waals surface area contributed by atoms with Crippen LogP contribution in [0.5, 0.6) is 11.5 Å². The van der Waals surface area contributed by atoms with Crippen molar-refractivity contribution in [2.45, 2.75) is 13.3 Å². The van der Waals surface area contributed by atoms with E-state index < -0.39 is 0 Å². The van der Waals surface area contributed by atoms with Crippen molar-refractivity contribution in [3.8, 4) is 22.9 Å². The molecule has 2 heterocycles. The Balaban J connectivity index is 1.33. The van der Waals surface area contributed by atoms with Crippen molar-refractivity contribution in [3.63, 3.8) is 0 Å². The zero-order valence-corrected chi connectivity index (χ0v) is 14.2. The molecule has 1 aliphatic rings. The molecule has 0 unspecified atom stereocenters. The first-order valence-electron chi connectivity index (χ1n) is 8.26. The molecule has 0 saturated heterocycles. The Kier molecular flexibility index (Phi) is 4.27. The van der Waals surface area contributed by atoms with Crippen LogP contribution in [0.4, 0.5) is 0 Å². The van der Waals surface area contributed by atoms with Gasteiger partial charge in [0.2, 0.25) is 18.5 Å². The summed E-state index contributed by atoms with van der Waals surface area (Å²) in [6.07, 6.45) is 0.454. The van der Waals surface area contributed by atoms with Gasteiger partial charge in [-0.1, -0.05) is 35.0 Å². The van der Waals surface area contributed by atoms with Gasteiger partial charge in [-0.2, -0.15) is 4.98 Å². The Morgan fingerprint density at radius 3 is 2.77 bits per heavy atom. The van der Waals surface area contributed by atoms with Gasteiger partial charge in [0.15, 0.2) is 11.5 Å². The smallest absolute Gasteiger partial charge is 0.251 e. The monoisotopic (exact) mass is 351 g/mol. The highest BCUT2D eigenvalue weighted by atomic mass is 16.7. The number of nitrogens with one attached hydrogen (secondary N) is 1. The van der Waals surface area contributed by atoms with Crippen molar-refractivity contribution >= 4 is 5.91 Å². The van der Waals surface area contributed by atoms with Gasteiger partial charge in [0, 0.05) is 24.1 Å². The van der Waals surface area contributed by atoms with E-state index >= 15 is 0 Å². The minimum atomic E-state index is -0.193. The fourth-order valence-corrected chi connectivity index (χ4v) is 2.60. The number of hydrogen-bond acceptors (Lipinski definition) is 6. The number of hydrogen-bond donors (Lipinski definition) is 1. The second kappa shape index (κ2) is 6.87. The standard InChI is InChI=1S/C19H17N3O4/c1-12-2-4-13(5-3-12)18-21-17(26-22-18)8-9-20-19(23)14-6-7-15-16(10-14)25-11-24-15/h2-7,10H,8-9,11H2,1H3,(H,20,23). The fraction of sp³-hybridized carbons (Fsp3) is 0.211. The number of carbonyl (C=O) groups excluding carboxylic acids is 1. The van der Waals surface area contributed by atoms with E-state index in [0.29, 0.717) is 41.7 Å². The summed E-state index contributed by atoms with van der Waals surface area (Å²) in [5.41, 5.74) is 2.58. The SMILES string of the molecule is Cc1ccc(-c2noc(CCNC(=O)c3ccc4c(c3)OCO4)n2)cc1. The van der Waals surface area contributed by atoms with Crippen LogP contribution in [0.1, 0.15) is 21.8 Å². The molecule has 132 valence electrons. The molecule has 0 bridgehead atoms. The number of benzene rings is 2. The van der Waals surface area contributed by atoms with E-state index in [9.17, 15) is 4.79 Å². The fourth-order valence-electron chi connectivity index (χ4n) is 2.60. The Labute approximate surface area is 149 Å². The summed E-state index contributed by atoms with van der Waals surface area (Å²) < 4.78 is 15.8. The zero-order valence-electron chi connectivity index (χ0n) is 14.2. The van der Waals surface area contributed by atoms with Gasteiger partial charge in [-0.3, -0.25) is 4.79 Å². The van der Waals surface area contributed by atoms with E-state index in [1.165, 1.54) is 5.56 Å². The highest BCUT2D eigenvalue weighted by Crippen LogP contribution is 2.32. The lowest BCUT2D eigenvalue weighted by molar-refractivity contribution is 0.0953. The first-order valence-corrected chi connectivity index (χ1v) is 8.26. The van der Waals surface area contributed by atoms with E-state index in [4.69, 9.17) is 14.0 Å². The molecule has 0 radical (unpaired) electrons. The summed E-state index contributed by atoms with van der Waals surface area (Å²) in [6.45, 7) is 2.60. The number of carbonyl (C=O) groups is 1. The third kappa shape index (κ3) is 3.37. The van der Waals surface area contributed by atoms with Gasteiger partial charge in [0.05, 0.1) is 0 Å². The summed E-state index contributed by atoms with van der Waals surface area (Å²) in [4.78, 5) is 16.6. The molecule has 1 N–H and O–H groups in total. The van der Waals surface area contributed by atoms with E-state index in [1.807, 2.05) is 31.2 Å². The van der Waals surface area contributed by atoms with E-state index in [-0.39, 0.29) is 12.7 Å². The van der Waals surface area contributed by atoms with Crippen LogP contribution in [0.15, 0.2) is 47.0 Å². The lowest BCUT2D eigenvalue weighted by Gasteiger charge is -2.04. The van der Waals surface area contributed by atoms with Gasteiger partial charge in [0.25, 0.3) is 5.91 Å². The minimum Gasteiger partial charge on any atom is -0.454 e. The normalized spacial score (nSPS) is 12.2. The topological polar surface area (TPSA) is 86.5 Å². The summed E-state index contributed by atoms with van der Waals surface area (Å²) in [5.74, 6) is 2.06. The maximum atomic E-state index is 12.2. The van der Waals surface area contributed by atoms with Crippen LogP contribution in [0.2, 0.25) is 0 Å². The summed E-state index contributed by atoms with van der Waals surface area (Å²) >= 11 is 0. The maximum Gasteiger partial charge on any atom is 0.251 e.